The molecule has 0 radical (unpaired) electrons. The van der Waals surface area contributed by atoms with Gasteiger partial charge in [-0.1, -0.05) is 29.8 Å². The van der Waals surface area contributed by atoms with Crippen LogP contribution in [0.2, 0.25) is 5.02 Å². The summed E-state index contributed by atoms with van der Waals surface area (Å²) < 4.78 is 18.9. The van der Waals surface area contributed by atoms with Crippen LogP contribution in [0, 0.1) is 5.82 Å². The molecule has 2 atom stereocenters. The number of amides is 1. The van der Waals surface area contributed by atoms with Crippen LogP contribution in [0.5, 0.6) is 5.75 Å². The Bertz CT molecular complexity index is 812. The maximum atomic E-state index is 13.7. The fourth-order valence-electron chi connectivity index (χ4n) is 2.51. The zero-order valence-electron chi connectivity index (χ0n) is 14.3. The van der Waals surface area contributed by atoms with E-state index in [1.807, 2.05) is 0 Å². The van der Waals surface area contributed by atoms with Crippen molar-refractivity contribution in [2.75, 3.05) is 7.11 Å². The zero-order valence-corrected chi connectivity index (χ0v) is 15.1. The summed E-state index contributed by atoms with van der Waals surface area (Å²) in [6, 6.07) is 10.1. The van der Waals surface area contributed by atoms with Gasteiger partial charge < -0.3 is 15.2 Å². The molecule has 0 saturated carbocycles. The van der Waals surface area contributed by atoms with E-state index >= 15 is 0 Å². The minimum atomic E-state index is -1.11. The predicted molar refractivity (Wildman–Crippen MR) is 96.0 cm³/mol. The lowest BCUT2D eigenvalue weighted by Gasteiger charge is -2.21. The van der Waals surface area contributed by atoms with Gasteiger partial charge in [-0.25, -0.2) is 4.39 Å². The minimum absolute atomic E-state index is 0.0705. The number of hydrogen-bond donors (Lipinski definition) is 2. The molecule has 2 unspecified atom stereocenters. The Morgan fingerprint density at radius 2 is 1.96 bits per heavy atom. The number of rotatable bonds is 7. The highest BCUT2D eigenvalue weighted by molar-refractivity contribution is 6.30. The molecule has 0 fully saturated rings. The second-order valence-corrected chi connectivity index (χ2v) is 6.24. The lowest BCUT2D eigenvalue weighted by Crippen LogP contribution is -2.33. The number of ether oxygens (including phenoxy) is 1. The average molecular weight is 380 g/mol. The second kappa shape index (κ2) is 8.67. The van der Waals surface area contributed by atoms with E-state index in [2.05, 4.69) is 5.32 Å². The third-order valence-electron chi connectivity index (χ3n) is 4.03. The van der Waals surface area contributed by atoms with E-state index in [1.54, 1.807) is 31.2 Å². The molecule has 0 aromatic heterocycles. The molecule has 2 rings (SSSR count). The number of halogens is 2. The third kappa shape index (κ3) is 4.95. The van der Waals surface area contributed by atoms with E-state index in [-0.39, 0.29) is 17.4 Å². The summed E-state index contributed by atoms with van der Waals surface area (Å²) in [5, 5.41) is 11.7. The molecule has 2 aromatic rings. The van der Waals surface area contributed by atoms with Crippen LogP contribution >= 0.6 is 11.6 Å². The van der Waals surface area contributed by atoms with Crippen LogP contribution in [-0.4, -0.2) is 24.1 Å². The molecule has 0 aliphatic carbocycles. The van der Waals surface area contributed by atoms with Crippen molar-refractivity contribution in [3.63, 3.8) is 0 Å². The molecule has 0 aliphatic rings. The standard InChI is InChI=1S/C19H19ClFNO4/c1-11(12-4-3-5-14(8-12)26-2)19(25)22-17(10-18(23)24)13-6-7-15(20)16(21)9-13/h3-9,11,17H,10H2,1-2H3,(H,22,25)(H,23,24). The Labute approximate surface area is 155 Å². The lowest BCUT2D eigenvalue weighted by molar-refractivity contribution is -0.137. The van der Waals surface area contributed by atoms with Crippen molar-refractivity contribution in [1.82, 2.24) is 5.32 Å². The molecule has 1 amide bonds. The van der Waals surface area contributed by atoms with E-state index in [0.717, 1.165) is 11.6 Å². The maximum Gasteiger partial charge on any atom is 0.305 e. The van der Waals surface area contributed by atoms with Crippen molar-refractivity contribution in [2.24, 2.45) is 0 Å². The number of methoxy groups -OCH3 is 1. The third-order valence-corrected chi connectivity index (χ3v) is 4.33. The number of carboxylic acids is 1. The highest BCUT2D eigenvalue weighted by Gasteiger charge is 2.23. The van der Waals surface area contributed by atoms with Crippen LogP contribution in [0.3, 0.4) is 0 Å². The first-order valence-electron chi connectivity index (χ1n) is 7.93. The van der Waals surface area contributed by atoms with Crippen molar-refractivity contribution in [3.05, 3.63) is 64.4 Å². The molecular weight excluding hydrogens is 361 g/mol. The number of benzene rings is 2. The number of nitrogens with one attached hydrogen (secondary N) is 1. The summed E-state index contributed by atoms with van der Waals surface area (Å²) in [7, 11) is 1.53. The SMILES string of the molecule is COc1cccc(C(C)C(=O)NC(CC(=O)O)c2ccc(Cl)c(F)c2)c1. The zero-order chi connectivity index (χ0) is 19.3. The molecule has 26 heavy (non-hydrogen) atoms. The van der Waals surface area contributed by atoms with Crippen LogP contribution in [-0.2, 0) is 9.59 Å². The molecule has 0 bridgehead atoms. The van der Waals surface area contributed by atoms with E-state index in [0.29, 0.717) is 11.3 Å². The van der Waals surface area contributed by atoms with Gasteiger partial charge in [-0.15, -0.1) is 0 Å². The molecule has 0 saturated heterocycles. The molecule has 7 heteroatoms. The Balaban J connectivity index is 2.22. The van der Waals surface area contributed by atoms with Gasteiger partial charge in [0.15, 0.2) is 0 Å². The monoisotopic (exact) mass is 379 g/mol. The van der Waals surface area contributed by atoms with Gasteiger partial charge in [-0.3, -0.25) is 9.59 Å². The molecule has 5 nitrogen and oxygen atoms in total. The van der Waals surface area contributed by atoms with Crippen molar-refractivity contribution in [3.8, 4) is 5.75 Å². The van der Waals surface area contributed by atoms with Gasteiger partial charge in [0.05, 0.1) is 30.5 Å². The number of carbonyl (C=O) groups excluding carboxylic acids is 1. The molecule has 138 valence electrons. The first-order valence-corrected chi connectivity index (χ1v) is 8.30. The molecule has 0 spiro atoms. The summed E-state index contributed by atoms with van der Waals surface area (Å²) in [4.78, 5) is 23.7. The topological polar surface area (TPSA) is 75.6 Å². The number of hydrogen-bond acceptors (Lipinski definition) is 3. The van der Waals surface area contributed by atoms with Gasteiger partial charge >= 0.3 is 5.97 Å². The van der Waals surface area contributed by atoms with E-state index in [4.69, 9.17) is 21.4 Å². The largest absolute Gasteiger partial charge is 0.497 e. The van der Waals surface area contributed by atoms with Gasteiger partial charge in [0, 0.05) is 0 Å². The highest BCUT2D eigenvalue weighted by Crippen LogP contribution is 2.25. The van der Waals surface area contributed by atoms with Crippen LogP contribution in [0.4, 0.5) is 4.39 Å². The highest BCUT2D eigenvalue weighted by atomic mass is 35.5. The molecule has 2 aromatic carbocycles. The van der Waals surface area contributed by atoms with Crippen molar-refractivity contribution in [2.45, 2.75) is 25.3 Å². The molecule has 2 N–H and O–H groups in total. The van der Waals surface area contributed by atoms with Gasteiger partial charge in [-0.2, -0.15) is 0 Å². The van der Waals surface area contributed by atoms with Crippen molar-refractivity contribution >= 4 is 23.5 Å². The lowest BCUT2D eigenvalue weighted by atomic mass is 9.98. The number of carboxylic acid groups (broad SMARTS) is 1. The minimum Gasteiger partial charge on any atom is -0.497 e. The number of carbonyl (C=O) groups is 2. The van der Waals surface area contributed by atoms with Gasteiger partial charge in [0.1, 0.15) is 11.6 Å². The normalized spacial score (nSPS) is 12.9. The smallest absolute Gasteiger partial charge is 0.305 e. The van der Waals surface area contributed by atoms with Crippen molar-refractivity contribution < 1.29 is 23.8 Å². The average Bonchev–Trinajstić information content (AvgIpc) is 2.62. The molecular formula is C19H19ClFNO4. The number of aliphatic carboxylic acids is 1. The summed E-state index contributed by atoms with van der Waals surface area (Å²) in [5.74, 6) is -2.09. The summed E-state index contributed by atoms with van der Waals surface area (Å²) in [6.07, 6.45) is -0.377. The summed E-state index contributed by atoms with van der Waals surface area (Å²) in [5.41, 5.74) is 1.05. The van der Waals surface area contributed by atoms with E-state index in [9.17, 15) is 14.0 Å². The van der Waals surface area contributed by atoms with E-state index < -0.39 is 23.7 Å². The first kappa shape index (κ1) is 19.7. The Kier molecular flexibility index (Phi) is 6.58. The van der Waals surface area contributed by atoms with E-state index in [1.165, 1.54) is 19.2 Å². The van der Waals surface area contributed by atoms with Crippen LogP contribution in [0.1, 0.15) is 36.4 Å². The maximum absolute atomic E-state index is 13.7. The predicted octanol–water partition coefficient (Wildman–Crippen LogP) is 3.92. The van der Waals surface area contributed by atoms with Crippen molar-refractivity contribution in [1.29, 1.82) is 0 Å². The quantitative estimate of drug-likeness (QED) is 0.764. The van der Waals surface area contributed by atoms with Crippen LogP contribution in [0.15, 0.2) is 42.5 Å². The van der Waals surface area contributed by atoms with Gasteiger partial charge in [0.25, 0.3) is 0 Å². The second-order valence-electron chi connectivity index (χ2n) is 5.83. The fraction of sp³-hybridized carbons (Fsp3) is 0.263. The summed E-state index contributed by atoms with van der Waals surface area (Å²) >= 11 is 5.67. The molecule has 0 heterocycles. The first-order chi connectivity index (χ1) is 12.3. The Morgan fingerprint density at radius 1 is 1.23 bits per heavy atom. The van der Waals surface area contributed by atoms with Crippen LogP contribution < -0.4 is 10.1 Å². The Morgan fingerprint density at radius 3 is 2.58 bits per heavy atom. The van der Waals surface area contributed by atoms with Gasteiger partial charge in [0.2, 0.25) is 5.91 Å². The van der Waals surface area contributed by atoms with Crippen LogP contribution in [0.25, 0.3) is 0 Å². The fourth-order valence-corrected chi connectivity index (χ4v) is 2.63. The Hall–Kier alpha value is -2.60. The van der Waals surface area contributed by atoms with Gasteiger partial charge in [-0.05, 0) is 42.3 Å². The molecule has 0 aliphatic heterocycles. The summed E-state index contributed by atoms with van der Waals surface area (Å²) in [6.45, 7) is 1.70.